The summed E-state index contributed by atoms with van der Waals surface area (Å²) < 4.78 is 59.4. The van der Waals surface area contributed by atoms with E-state index in [2.05, 4.69) is 95.4 Å². The van der Waals surface area contributed by atoms with Crippen LogP contribution >= 0.6 is 0 Å². The Hall–Kier alpha value is -2.25. The SMILES string of the molecule is CCCCCCCC(=O)O[C@H]1/C(=C/C(=O)OC)C[C@@H](C[C@H](CO[Si](C)(C)C(C)(C)C)OC(=O)C[C@@H](C[C@@H]2CCC[C@H](C[C@@H]3CCOC4(C[C@H](C)CC[C@H]4C(C)C)O3)C2)O[Si](C)(C)C(C)(C)C)O[C@@]1(OC)C(C)(C)/C=C/C=O. The molecule has 77 heavy (non-hydrogen) atoms. The van der Waals surface area contributed by atoms with E-state index in [1.54, 1.807) is 6.08 Å². The summed E-state index contributed by atoms with van der Waals surface area (Å²) in [6.45, 7) is 35.7. The Morgan fingerprint density at radius 1 is 0.805 bits per heavy atom. The fourth-order valence-corrected chi connectivity index (χ4v) is 14.6. The molecule has 4 aliphatic rings. The molecular weight excluding hydrogens is 1010 g/mol. The first kappa shape index (κ1) is 67.3. The van der Waals surface area contributed by atoms with Gasteiger partial charge in [0.05, 0.1) is 45.1 Å². The summed E-state index contributed by atoms with van der Waals surface area (Å²) in [5.74, 6) is -1.27. The molecule has 2 saturated heterocycles. The van der Waals surface area contributed by atoms with Crippen LogP contribution in [0, 0.1) is 35.0 Å². The maximum atomic E-state index is 14.8. The van der Waals surface area contributed by atoms with Crippen molar-refractivity contribution in [3.63, 3.8) is 0 Å². The van der Waals surface area contributed by atoms with Crippen LogP contribution in [0.2, 0.25) is 36.3 Å². The number of allylic oxidation sites excluding steroid dienone is 1. The highest BCUT2D eigenvalue weighted by molar-refractivity contribution is 6.74. The highest BCUT2D eigenvalue weighted by Crippen LogP contribution is 2.51. The van der Waals surface area contributed by atoms with E-state index in [-0.39, 0.29) is 60.5 Å². The van der Waals surface area contributed by atoms with Crippen molar-refractivity contribution >= 4 is 40.8 Å². The van der Waals surface area contributed by atoms with Crippen molar-refractivity contribution in [2.45, 2.75) is 283 Å². The molecule has 1 unspecified atom stereocenters. The van der Waals surface area contributed by atoms with E-state index < -0.39 is 63.9 Å². The van der Waals surface area contributed by atoms with Gasteiger partial charge in [-0.15, -0.1) is 0 Å². The van der Waals surface area contributed by atoms with E-state index in [0.29, 0.717) is 47.9 Å². The van der Waals surface area contributed by atoms with Gasteiger partial charge >= 0.3 is 17.9 Å². The molecule has 2 heterocycles. The van der Waals surface area contributed by atoms with Crippen LogP contribution in [0.4, 0.5) is 0 Å². The number of unbranched alkanes of at least 4 members (excludes halogenated alkanes) is 4. The Labute approximate surface area is 469 Å². The Morgan fingerprint density at radius 2 is 1.48 bits per heavy atom. The van der Waals surface area contributed by atoms with Gasteiger partial charge in [-0.1, -0.05) is 141 Å². The molecule has 15 heteroatoms. The standard InChI is InChI=1S/C62H110O13Si2/c1-19-20-21-22-23-28-54(64)72-57-48(39-55(65)67-13)38-50(74-62(57,68-14)60(11,12)32-25-33-63)40-52(43-70-76(15,16)58(5,6)7)71-56(66)41-51(75-77(17,18)59(8,9)10)37-47-27-24-26-46(35-47)36-49-31-34-69-61(73-49)42-45(4)29-30-53(61)44(2)3/h25,32-33,39,44-47,49-53,57H,19-24,26-31,34-38,40-43H2,1-18H3/b32-25+,48-39+/t45-,46+,47-,49+,50+,51-,52-,53+,57+,61?,62-/m1/s1. The normalized spacial score (nSPS) is 29.4. The summed E-state index contributed by atoms with van der Waals surface area (Å²) in [4.78, 5) is 53.6. The molecule has 1 spiro atoms. The third kappa shape index (κ3) is 18.9. The molecule has 2 aliphatic carbocycles. The summed E-state index contributed by atoms with van der Waals surface area (Å²) in [6, 6.07) is 0. The van der Waals surface area contributed by atoms with Crippen LogP contribution in [0.1, 0.15) is 205 Å². The van der Waals surface area contributed by atoms with E-state index in [9.17, 15) is 19.2 Å². The maximum absolute atomic E-state index is 14.8. The Bertz CT molecular complexity index is 1930. The average Bonchev–Trinajstić information content (AvgIpc) is 3.32. The number of esters is 3. The highest BCUT2D eigenvalue weighted by Gasteiger charge is 2.59. The largest absolute Gasteiger partial charge is 0.466 e. The second-order valence-corrected chi connectivity index (χ2v) is 37.3. The van der Waals surface area contributed by atoms with Gasteiger partial charge in [0.1, 0.15) is 12.4 Å². The van der Waals surface area contributed by atoms with Gasteiger partial charge in [-0.25, -0.2) is 4.79 Å². The van der Waals surface area contributed by atoms with Crippen LogP contribution in [-0.4, -0.2) is 110 Å². The van der Waals surface area contributed by atoms with Crippen molar-refractivity contribution in [2.24, 2.45) is 35.0 Å². The quantitative estimate of drug-likeness (QED) is 0.0192. The zero-order valence-corrected chi connectivity index (χ0v) is 53.7. The molecule has 0 aromatic rings. The Morgan fingerprint density at radius 3 is 2.10 bits per heavy atom. The van der Waals surface area contributed by atoms with Crippen molar-refractivity contribution in [3.05, 3.63) is 23.8 Å². The molecule has 444 valence electrons. The van der Waals surface area contributed by atoms with Gasteiger partial charge in [-0.2, -0.15) is 0 Å². The van der Waals surface area contributed by atoms with Crippen molar-refractivity contribution in [2.75, 3.05) is 27.4 Å². The number of carbonyl (C=O) groups excluding carboxylic acids is 4. The average molecular weight is 1120 g/mol. The fourth-order valence-electron chi connectivity index (χ4n) is 12.2. The molecule has 4 rings (SSSR count). The van der Waals surface area contributed by atoms with Gasteiger partial charge in [-0.3, -0.25) is 14.4 Å². The Balaban J connectivity index is 1.65. The molecule has 11 atom stereocenters. The summed E-state index contributed by atoms with van der Waals surface area (Å²) in [5.41, 5.74) is -0.679. The lowest BCUT2D eigenvalue weighted by molar-refractivity contribution is -0.340. The highest BCUT2D eigenvalue weighted by atomic mass is 28.4. The van der Waals surface area contributed by atoms with E-state index in [0.717, 1.165) is 83.7 Å². The fraction of sp³-hybridized carbons (Fsp3) is 0.871. The van der Waals surface area contributed by atoms with E-state index in [1.807, 2.05) is 13.8 Å². The molecule has 0 amide bonds. The molecular formula is C62H110O13Si2. The first-order chi connectivity index (χ1) is 35.9. The molecule has 2 aliphatic heterocycles. The summed E-state index contributed by atoms with van der Waals surface area (Å²) in [6.07, 6.45) is 18.0. The minimum atomic E-state index is -2.38. The van der Waals surface area contributed by atoms with Crippen molar-refractivity contribution < 1.29 is 61.2 Å². The number of rotatable bonds is 27. The molecule has 2 saturated carbocycles. The van der Waals surface area contributed by atoms with Crippen molar-refractivity contribution in [3.8, 4) is 0 Å². The summed E-state index contributed by atoms with van der Waals surface area (Å²) in [7, 11) is -1.96. The lowest BCUT2D eigenvalue weighted by Crippen LogP contribution is -2.63. The molecule has 0 radical (unpaired) electrons. The monoisotopic (exact) mass is 1120 g/mol. The molecule has 0 bridgehead atoms. The predicted octanol–water partition coefficient (Wildman–Crippen LogP) is 14.6. The maximum Gasteiger partial charge on any atom is 0.330 e. The first-order valence-corrected chi connectivity index (χ1v) is 35.8. The Kier molecular flexibility index (Phi) is 25.5. The van der Waals surface area contributed by atoms with Crippen LogP contribution in [0.3, 0.4) is 0 Å². The summed E-state index contributed by atoms with van der Waals surface area (Å²) >= 11 is 0. The topological polar surface area (TPSA) is 151 Å². The zero-order valence-electron chi connectivity index (χ0n) is 51.7. The number of methoxy groups -OCH3 is 2. The number of hydrogen-bond acceptors (Lipinski definition) is 13. The van der Waals surface area contributed by atoms with E-state index in [4.69, 9.17) is 42.0 Å². The van der Waals surface area contributed by atoms with Crippen LogP contribution in [0.5, 0.6) is 0 Å². The van der Waals surface area contributed by atoms with Gasteiger partial charge in [-0.05, 0) is 117 Å². The van der Waals surface area contributed by atoms with E-state index in [1.165, 1.54) is 39.2 Å². The smallest absolute Gasteiger partial charge is 0.330 e. The van der Waals surface area contributed by atoms with Crippen LogP contribution in [0.25, 0.3) is 0 Å². The van der Waals surface area contributed by atoms with E-state index >= 15 is 0 Å². The van der Waals surface area contributed by atoms with Crippen LogP contribution < -0.4 is 0 Å². The number of carbonyl (C=O) groups is 4. The van der Waals surface area contributed by atoms with Gasteiger partial charge < -0.3 is 42.0 Å². The third-order valence-corrected chi connectivity index (χ3v) is 27.7. The minimum absolute atomic E-state index is 0.0816. The summed E-state index contributed by atoms with van der Waals surface area (Å²) in [5, 5.41) is -0.211. The number of hydrogen-bond donors (Lipinski definition) is 0. The third-order valence-electron chi connectivity index (χ3n) is 18.6. The molecule has 0 aromatic carbocycles. The lowest BCUT2D eigenvalue weighted by atomic mass is 9.72. The second kappa shape index (κ2) is 29.1. The molecule has 0 aromatic heterocycles. The van der Waals surface area contributed by atoms with Crippen molar-refractivity contribution in [1.29, 1.82) is 0 Å². The van der Waals surface area contributed by atoms with Gasteiger partial charge in [0.2, 0.25) is 5.79 Å². The van der Waals surface area contributed by atoms with Gasteiger partial charge in [0.15, 0.2) is 28.5 Å². The van der Waals surface area contributed by atoms with Gasteiger partial charge in [0, 0.05) is 43.8 Å². The lowest BCUT2D eigenvalue weighted by Gasteiger charge is -2.53. The molecule has 4 fully saturated rings. The molecule has 13 nitrogen and oxygen atoms in total. The molecule has 0 N–H and O–H groups in total. The van der Waals surface area contributed by atoms with Crippen LogP contribution in [0.15, 0.2) is 23.8 Å². The second-order valence-electron chi connectivity index (χ2n) is 27.7. The minimum Gasteiger partial charge on any atom is -0.466 e. The number of ether oxygens (including phenoxy) is 7. The number of aldehydes is 1. The van der Waals surface area contributed by atoms with Crippen molar-refractivity contribution in [1.82, 2.24) is 0 Å². The van der Waals surface area contributed by atoms with Gasteiger partial charge in [0.25, 0.3) is 0 Å². The zero-order chi connectivity index (χ0) is 57.6. The first-order valence-electron chi connectivity index (χ1n) is 30.0. The predicted molar refractivity (Wildman–Crippen MR) is 310 cm³/mol. The van der Waals surface area contributed by atoms with Crippen LogP contribution in [-0.2, 0) is 61.2 Å².